The summed E-state index contributed by atoms with van der Waals surface area (Å²) in [7, 11) is 0. The molecular weight excluding hydrogens is 170 g/mol. The van der Waals surface area contributed by atoms with Crippen molar-refractivity contribution in [2.45, 2.75) is 32.3 Å². The number of amides is 1. The van der Waals surface area contributed by atoms with E-state index in [9.17, 15) is 9.90 Å². The summed E-state index contributed by atoms with van der Waals surface area (Å²) in [6.07, 6.45) is 0.667. The topological polar surface area (TPSA) is 60.8 Å². The van der Waals surface area contributed by atoms with Crippen molar-refractivity contribution in [3.05, 3.63) is 0 Å². The van der Waals surface area contributed by atoms with E-state index in [-0.39, 0.29) is 5.92 Å². The first-order valence-corrected chi connectivity index (χ1v) is 4.61. The Balaban J connectivity index is 2.44. The summed E-state index contributed by atoms with van der Waals surface area (Å²) in [6.45, 7) is 4.66. The van der Waals surface area contributed by atoms with Crippen molar-refractivity contribution in [3.63, 3.8) is 0 Å². The van der Waals surface area contributed by atoms with E-state index in [4.69, 9.17) is 5.11 Å². The van der Waals surface area contributed by atoms with E-state index in [0.29, 0.717) is 13.1 Å². The summed E-state index contributed by atoms with van der Waals surface area (Å²) in [4.78, 5) is 12.0. The molecule has 0 bridgehead atoms. The molecule has 0 aromatic carbocycles. The van der Waals surface area contributed by atoms with Gasteiger partial charge in [0.2, 0.25) is 0 Å². The lowest BCUT2D eigenvalue weighted by molar-refractivity contribution is -0.0106. The maximum atomic E-state index is 10.6. The number of carboxylic acid groups (broad SMARTS) is 1. The molecule has 1 fully saturated rings. The van der Waals surface area contributed by atoms with Crippen LogP contribution in [0.5, 0.6) is 0 Å². The normalized spacial score (nSPS) is 20.4. The van der Waals surface area contributed by atoms with Gasteiger partial charge >= 0.3 is 6.09 Å². The van der Waals surface area contributed by atoms with E-state index in [0.717, 1.165) is 12.8 Å². The highest BCUT2D eigenvalue weighted by atomic mass is 16.4. The summed E-state index contributed by atoms with van der Waals surface area (Å²) in [5.41, 5.74) is -0.676. The van der Waals surface area contributed by atoms with Gasteiger partial charge in [-0.05, 0) is 32.6 Å². The first-order valence-electron chi connectivity index (χ1n) is 4.61. The monoisotopic (exact) mass is 187 g/mol. The molecule has 4 nitrogen and oxygen atoms in total. The van der Waals surface area contributed by atoms with E-state index in [2.05, 4.69) is 0 Å². The molecule has 0 aromatic heterocycles. The second-order valence-electron chi connectivity index (χ2n) is 4.20. The molecule has 2 N–H and O–H groups in total. The average molecular weight is 187 g/mol. The zero-order chi connectivity index (χ0) is 10.1. The Labute approximate surface area is 78.2 Å². The molecule has 1 amide bonds. The molecule has 1 rings (SSSR count). The number of rotatable bonds is 1. The molecule has 0 aromatic rings. The minimum absolute atomic E-state index is 0.225. The van der Waals surface area contributed by atoms with Gasteiger partial charge in [0.25, 0.3) is 0 Å². The van der Waals surface area contributed by atoms with Crippen molar-refractivity contribution in [2.24, 2.45) is 5.92 Å². The van der Waals surface area contributed by atoms with Crippen LogP contribution >= 0.6 is 0 Å². The van der Waals surface area contributed by atoms with Gasteiger partial charge in [-0.1, -0.05) is 0 Å². The van der Waals surface area contributed by atoms with Crippen molar-refractivity contribution in [1.29, 1.82) is 0 Å². The fraction of sp³-hybridized carbons (Fsp3) is 0.889. The predicted octanol–water partition coefficient (Wildman–Crippen LogP) is 1.15. The molecule has 1 heterocycles. The molecule has 0 unspecified atom stereocenters. The second-order valence-corrected chi connectivity index (χ2v) is 4.20. The van der Waals surface area contributed by atoms with Crippen LogP contribution in [0.25, 0.3) is 0 Å². The molecule has 1 aliphatic heterocycles. The standard InChI is InChI=1S/C9H17NO3/c1-9(2,13)7-3-5-10(6-4-7)8(11)12/h7,13H,3-6H2,1-2H3,(H,11,12). The minimum Gasteiger partial charge on any atom is -0.465 e. The maximum absolute atomic E-state index is 10.6. The number of aliphatic hydroxyl groups is 1. The molecular formula is C9H17NO3. The van der Waals surface area contributed by atoms with E-state index < -0.39 is 11.7 Å². The SMILES string of the molecule is CC(C)(O)C1CCN(C(=O)O)CC1. The van der Waals surface area contributed by atoms with E-state index in [1.54, 1.807) is 13.8 Å². The highest BCUT2D eigenvalue weighted by molar-refractivity contribution is 5.64. The lowest BCUT2D eigenvalue weighted by Crippen LogP contribution is -2.43. The lowest BCUT2D eigenvalue weighted by Gasteiger charge is -2.36. The predicted molar refractivity (Wildman–Crippen MR) is 48.6 cm³/mol. The van der Waals surface area contributed by atoms with Gasteiger partial charge in [0.15, 0.2) is 0 Å². The first kappa shape index (κ1) is 10.3. The summed E-state index contributed by atoms with van der Waals surface area (Å²) < 4.78 is 0. The largest absolute Gasteiger partial charge is 0.465 e. The molecule has 0 saturated carbocycles. The zero-order valence-electron chi connectivity index (χ0n) is 8.16. The zero-order valence-corrected chi connectivity index (χ0v) is 8.16. The Kier molecular flexibility index (Phi) is 2.81. The quantitative estimate of drug-likeness (QED) is 0.647. The summed E-state index contributed by atoms with van der Waals surface area (Å²) in [6, 6.07) is 0. The van der Waals surface area contributed by atoms with Gasteiger partial charge < -0.3 is 15.1 Å². The Hall–Kier alpha value is -0.770. The molecule has 0 aliphatic carbocycles. The molecule has 0 spiro atoms. The molecule has 0 radical (unpaired) electrons. The number of piperidine rings is 1. The van der Waals surface area contributed by atoms with Gasteiger partial charge in [0, 0.05) is 13.1 Å². The van der Waals surface area contributed by atoms with Gasteiger partial charge in [-0.15, -0.1) is 0 Å². The van der Waals surface area contributed by atoms with Crippen LogP contribution in [0.4, 0.5) is 4.79 Å². The van der Waals surface area contributed by atoms with Crippen molar-refractivity contribution < 1.29 is 15.0 Å². The van der Waals surface area contributed by atoms with E-state index in [1.165, 1.54) is 4.90 Å². The van der Waals surface area contributed by atoms with Crippen LogP contribution in [0, 0.1) is 5.92 Å². The second kappa shape index (κ2) is 3.54. The average Bonchev–Trinajstić information content (AvgIpc) is 2.03. The first-order chi connectivity index (χ1) is 5.91. The van der Waals surface area contributed by atoms with Crippen molar-refractivity contribution in [2.75, 3.05) is 13.1 Å². The van der Waals surface area contributed by atoms with Gasteiger partial charge in [0.05, 0.1) is 5.60 Å². The molecule has 1 aliphatic rings. The number of hydrogen-bond acceptors (Lipinski definition) is 2. The molecule has 0 atom stereocenters. The van der Waals surface area contributed by atoms with Gasteiger partial charge in [-0.2, -0.15) is 0 Å². The number of hydrogen-bond donors (Lipinski definition) is 2. The van der Waals surface area contributed by atoms with Crippen LogP contribution in [0.2, 0.25) is 0 Å². The maximum Gasteiger partial charge on any atom is 0.407 e. The summed E-state index contributed by atoms with van der Waals surface area (Å²) in [5, 5.41) is 18.4. The van der Waals surface area contributed by atoms with Crippen LogP contribution < -0.4 is 0 Å². The number of likely N-dealkylation sites (tertiary alicyclic amines) is 1. The third-order valence-electron chi connectivity index (χ3n) is 2.76. The molecule has 4 heteroatoms. The Morgan fingerprint density at radius 3 is 2.15 bits per heavy atom. The third-order valence-corrected chi connectivity index (χ3v) is 2.76. The van der Waals surface area contributed by atoms with Crippen molar-refractivity contribution >= 4 is 6.09 Å². The molecule has 13 heavy (non-hydrogen) atoms. The van der Waals surface area contributed by atoms with Crippen molar-refractivity contribution in [3.8, 4) is 0 Å². The van der Waals surface area contributed by atoms with Gasteiger partial charge in [-0.25, -0.2) is 4.79 Å². The fourth-order valence-electron chi connectivity index (χ4n) is 1.78. The fourth-order valence-corrected chi connectivity index (χ4v) is 1.78. The van der Waals surface area contributed by atoms with Gasteiger partial charge in [-0.3, -0.25) is 0 Å². The highest BCUT2D eigenvalue weighted by Gasteiger charge is 2.31. The van der Waals surface area contributed by atoms with Crippen LogP contribution in [0.1, 0.15) is 26.7 Å². The van der Waals surface area contributed by atoms with Crippen LogP contribution in [-0.4, -0.2) is 39.9 Å². The Bertz CT molecular complexity index is 190. The third kappa shape index (κ3) is 2.59. The van der Waals surface area contributed by atoms with Crippen molar-refractivity contribution in [1.82, 2.24) is 4.90 Å². The van der Waals surface area contributed by atoms with E-state index in [1.807, 2.05) is 0 Å². The lowest BCUT2D eigenvalue weighted by atomic mass is 9.83. The Morgan fingerprint density at radius 1 is 1.38 bits per heavy atom. The molecule has 1 saturated heterocycles. The van der Waals surface area contributed by atoms with E-state index >= 15 is 0 Å². The highest BCUT2D eigenvalue weighted by Crippen LogP contribution is 2.27. The minimum atomic E-state index is -0.853. The van der Waals surface area contributed by atoms with Crippen LogP contribution in [0.3, 0.4) is 0 Å². The number of carbonyl (C=O) groups is 1. The molecule has 76 valence electrons. The Morgan fingerprint density at radius 2 is 1.85 bits per heavy atom. The van der Waals surface area contributed by atoms with Crippen LogP contribution in [-0.2, 0) is 0 Å². The summed E-state index contributed by atoms with van der Waals surface area (Å²) in [5.74, 6) is 0.225. The smallest absolute Gasteiger partial charge is 0.407 e. The number of nitrogens with zero attached hydrogens (tertiary/aromatic N) is 1. The summed E-state index contributed by atoms with van der Waals surface area (Å²) >= 11 is 0. The van der Waals surface area contributed by atoms with Gasteiger partial charge in [0.1, 0.15) is 0 Å². The van der Waals surface area contributed by atoms with Crippen LogP contribution in [0.15, 0.2) is 0 Å².